The average molecular weight is 217 g/mol. The Morgan fingerprint density at radius 1 is 1.25 bits per heavy atom. The number of nitrogens with two attached hydrogens (primary N) is 1. The molecule has 0 spiro atoms. The van der Waals surface area contributed by atoms with Gasteiger partial charge in [-0.25, -0.2) is 0 Å². The highest BCUT2D eigenvalue weighted by Gasteiger charge is 2.20. The number of aryl methyl sites for hydroxylation is 2. The zero-order chi connectivity index (χ0) is 11.5. The SMILES string of the molecule is Cc1cccc(C)c1CC(N)CC1CCC1. The molecule has 1 saturated carbocycles. The minimum absolute atomic E-state index is 0.352. The molecule has 1 aliphatic carbocycles. The van der Waals surface area contributed by atoms with Crippen molar-refractivity contribution in [1.29, 1.82) is 0 Å². The topological polar surface area (TPSA) is 26.0 Å². The Hall–Kier alpha value is -0.820. The molecule has 0 radical (unpaired) electrons. The third-order valence-corrected chi connectivity index (χ3v) is 3.97. The van der Waals surface area contributed by atoms with Gasteiger partial charge in [0, 0.05) is 6.04 Å². The third-order valence-electron chi connectivity index (χ3n) is 3.97. The fourth-order valence-corrected chi connectivity index (χ4v) is 2.67. The lowest BCUT2D eigenvalue weighted by Gasteiger charge is -2.28. The lowest BCUT2D eigenvalue weighted by molar-refractivity contribution is 0.275. The maximum absolute atomic E-state index is 6.25. The Morgan fingerprint density at radius 3 is 2.38 bits per heavy atom. The van der Waals surface area contributed by atoms with Gasteiger partial charge in [-0.1, -0.05) is 37.5 Å². The lowest BCUT2D eigenvalue weighted by Crippen LogP contribution is -2.29. The molecule has 0 heterocycles. The molecule has 1 unspecified atom stereocenters. The average Bonchev–Trinajstić information content (AvgIpc) is 2.18. The lowest BCUT2D eigenvalue weighted by atomic mass is 9.79. The summed E-state index contributed by atoms with van der Waals surface area (Å²) in [5.41, 5.74) is 10.5. The van der Waals surface area contributed by atoms with Crippen molar-refractivity contribution in [3.63, 3.8) is 0 Å². The van der Waals surface area contributed by atoms with Crippen molar-refractivity contribution < 1.29 is 0 Å². The van der Waals surface area contributed by atoms with Gasteiger partial charge in [0.2, 0.25) is 0 Å². The first kappa shape index (κ1) is 11.7. The molecule has 88 valence electrons. The zero-order valence-electron chi connectivity index (χ0n) is 10.5. The van der Waals surface area contributed by atoms with Gasteiger partial charge < -0.3 is 5.73 Å². The van der Waals surface area contributed by atoms with Crippen LogP contribution in [0.5, 0.6) is 0 Å². The molecule has 2 rings (SSSR count). The Labute approximate surface area is 99.0 Å². The standard InChI is InChI=1S/C15H23N/c1-11-5-3-6-12(2)15(11)10-14(16)9-13-7-4-8-13/h3,5-6,13-14H,4,7-10,16H2,1-2H3. The predicted molar refractivity (Wildman–Crippen MR) is 69.6 cm³/mol. The van der Waals surface area contributed by atoms with Gasteiger partial charge in [0.15, 0.2) is 0 Å². The number of benzene rings is 1. The van der Waals surface area contributed by atoms with E-state index in [2.05, 4.69) is 32.0 Å². The van der Waals surface area contributed by atoms with Crippen LogP contribution in [0.15, 0.2) is 18.2 Å². The van der Waals surface area contributed by atoms with Gasteiger partial charge in [-0.3, -0.25) is 0 Å². The molecule has 1 atom stereocenters. The highest BCUT2D eigenvalue weighted by atomic mass is 14.6. The first-order valence-corrected chi connectivity index (χ1v) is 6.47. The summed E-state index contributed by atoms with van der Waals surface area (Å²) in [6.07, 6.45) is 6.49. The van der Waals surface area contributed by atoms with E-state index >= 15 is 0 Å². The van der Waals surface area contributed by atoms with Crippen molar-refractivity contribution in [3.8, 4) is 0 Å². The van der Waals surface area contributed by atoms with Crippen LogP contribution in [0.4, 0.5) is 0 Å². The summed E-state index contributed by atoms with van der Waals surface area (Å²) in [7, 11) is 0. The monoisotopic (exact) mass is 217 g/mol. The first-order valence-electron chi connectivity index (χ1n) is 6.47. The summed E-state index contributed by atoms with van der Waals surface area (Å²) in [6, 6.07) is 6.87. The van der Waals surface area contributed by atoms with Crippen LogP contribution in [-0.2, 0) is 6.42 Å². The molecule has 1 aromatic carbocycles. The van der Waals surface area contributed by atoms with Gasteiger partial charge in [-0.15, -0.1) is 0 Å². The molecule has 1 aromatic rings. The molecule has 1 heteroatoms. The minimum Gasteiger partial charge on any atom is -0.327 e. The summed E-state index contributed by atoms with van der Waals surface area (Å²) in [4.78, 5) is 0. The molecular formula is C15H23N. The second kappa shape index (κ2) is 5.01. The fourth-order valence-electron chi connectivity index (χ4n) is 2.67. The summed E-state index contributed by atoms with van der Waals surface area (Å²) in [6.45, 7) is 4.39. The number of hydrogen-bond acceptors (Lipinski definition) is 1. The Kier molecular flexibility index (Phi) is 3.65. The quantitative estimate of drug-likeness (QED) is 0.822. The maximum Gasteiger partial charge on any atom is 0.00821 e. The summed E-state index contributed by atoms with van der Waals surface area (Å²) < 4.78 is 0. The van der Waals surface area contributed by atoms with E-state index in [0.717, 1.165) is 12.3 Å². The van der Waals surface area contributed by atoms with E-state index < -0.39 is 0 Å². The second-order valence-electron chi connectivity index (χ2n) is 5.37. The Balaban J connectivity index is 1.96. The first-order chi connectivity index (χ1) is 7.66. The summed E-state index contributed by atoms with van der Waals surface area (Å²) in [5.74, 6) is 0.916. The molecule has 0 saturated heterocycles. The van der Waals surface area contributed by atoms with Gasteiger partial charge in [-0.05, 0) is 49.3 Å². The normalized spacial score (nSPS) is 18.2. The third kappa shape index (κ3) is 2.65. The summed E-state index contributed by atoms with van der Waals surface area (Å²) in [5, 5.41) is 0. The molecule has 16 heavy (non-hydrogen) atoms. The molecule has 0 aliphatic heterocycles. The van der Waals surface area contributed by atoms with E-state index in [1.54, 1.807) is 0 Å². The largest absolute Gasteiger partial charge is 0.327 e. The molecule has 2 N–H and O–H groups in total. The van der Waals surface area contributed by atoms with Crippen LogP contribution < -0.4 is 5.73 Å². The predicted octanol–water partition coefficient (Wildman–Crippen LogP) is 3.36. The van der Waals surface area contributed by atoms with Crippen molar-refractivity contribution in [2.24, 2.45) is 11.7 Å². The van der Waals surface area contributed by atoms with E-state index in [9.17, 15) is 0 Å². The van der Waals surface area contributed by atoms with Crippen LogP contribution in [0.1, 0.15) is 42.4 Å². The van der Waals surface area contributed by atoms with Crippen LogP contribution >= 0.6 is 0 Å². The molecule has 0 bridgehead atoms. The van der Waals surface area contributed by atoms with Gasteiger partial charge in [0.25, 0.3) is 0 Å². The van der Waals surface area contributed by atoms with Crippen molar-refractivity contribution in [1.82, 2.24) is 0 Å². The van der Waals surface area contributed by atoms with Gasteiger partial charge in [0.05, 0.1) is 0 Å². The smallest absolute Gasteiger partial charge is 0.00821 e. The van der Waals surface area contributed by atoms with Gasteiger partial charge in [-0.2, -0.15) is 0 Å². The molecule has 0 amide bonds. The molecule has 0 aromatic heterocycles. The van der Waals surface area contributed by atoms with Crippen LogP contribution in [0, 0.1) is 19.8 Å². The van der Waals surface area contributed by atoms with E-state index in [4.69, 9.17) is 5.73 Å². The highest BCUT2D eigenvalue weighted by Crippen LogP contribution is 2.31. The maximum atomic E-state index is 6.25. The van der Waals surface area contributed by atoms with E-state index in [0.29, 0.717) is 6.04 Å². The van der Waals surface area contributed by atoms with Crippen molar-refractivity contribution >= 4 is 0 Å². The number of rotatable bonds is 4. The van der Waals surface area contributed by atoms with Gasteiger partial charge in [0.1, 0.15) is 0 Å². The minimum atomic E-state index is 0.352. The Bertz CT molecular complexity index is 332. The molecule has 1 nitrogen and oxygen atoms in total. The van der Waals surface area contributed by atoms with Crippen molar-refractivity contribution in [2.75, 3.05) is 0 Å². The van der Waals surface area contributed by atoms with Crippen LogP contribution in [-0.4, -0.2) is 6.04 Å². The van der Waals surface area contributed by atoms with E-state index in [1.165, 1.54) is 42.4 Å². The number of hydrogen-bond donors (Lipinski definition) is 1. The van der Waals surface area contributed by atoms with Crippen LogP contribution in [0.2, 0.25) is 0 Å². The van der Waals surface area contributed by atoms with Crippen LogP contribution in [0.25, 0.3) is 0 Å². The molecule has 1 fully saturated rings. The summed E-state index contributed by atoms with van der Waals surface area (Å²) >= 11 is 0. The van der Waals surface area contributed by atoms with Crippen molar-refractivity contribution in [3.05, 3.63) is 34.9 Å². The second-order valence-corrected chi connectivity index (χ2v) is 5.37. The van der Waals surface area contributed by atoms with E-state index in [1.807, 2.05) is 0 Å². The fraction of sp³-hybridized carbons (Fsp3) is 0.600. The zero-order valence-corrected chi connectivity index (χ0v) is 10.5. The van der Waals surface area contributed by atoms with Crippen LogP contribution in [0.3, 0.4) is 0 Å². The highest BCUT2D eigenvalue weighted by molar-refractivity contribution is 5.34. The molecule has 1 aliphatic rings. The molecular weight excluding hydrogens is 194 g/mol. The van der Waals surface area contributed by atoms with E-state index in [-0.39, 0.29) is 0 Å². The van der Waals surface area contributed by atoms with Gasteiger partial charge >= 0.3 is 0 Å². The Morgan fingerprint density at radius 2 is 1.88 bits per heavy atom. The van der Waals surface area contributed by atoms with Crippen molar-refractivity contribution in [2.45, 2.75) is 52.0 Å².